The molecule has 0 bridgehead atoms. The molecule has 24 heavy (non-hydrogen) atoms. The van der Waals surface area contributed by atoms with Crippen LogP contribution in [0.25, 0.3) is 0 Å². The molecule has 6 heteroatoms. The standard InChI is InChI=1S/C18H32N4O2/c1-13(2)11-20-18(19-3)21-12-15(22(4)5)14-8-9-16(23-6)17(10-14)24-7/h8-10,13,15H,11-12H2,1-7H3,(H2,19,20,21). The molecule has 0 aliphatic carbocycles. The first-order valence-corrected chi connectivity index (χ1v) is 8.25. The molecule has 0 aliphatic rings. The van der Waals surface area contributed by atoms with Crippen LogP contribution in [-0.4, -0.2) is 59.3 Å². The maximum Gasteiger partial charge on any atom is 0.191 e. The van der Waals surface area contributed by atoms with Gasteiger partial charge in [-0.25, -0.2) is 0 Å². The van der Waals surface area contributed by atoms with Gasteiger partial charge in [-0.05, 0) is 37.7 Å². The first-order chi connectivity index (χ1) is 11.4. The average Bonchev–Trinajstić information content (AvgIpc) is 2.56. The molecule has 136 valence electrons. The van der Waals surface area contributed by atoms with Crippen molar-refractivity contribution in [2.75, 3.05) is 48.5 Å². The van der Waals surface area contributed by atoms with E-state index in [2.05, 4.69) is 54.5 Å². The molecule has 1 rings (SSSR count). The van der Waals surface area contributed by atoms with Crippen LogP contribution in [0, 0.1) is 5.92 Å². The third kappa shape index (κ3) is 5.92. The first-order valence-electron chi connectivity index (χ1n) is 8.25. The van der Waals surface area contributed by atoms with E-state index < -0.39 is 0 Å². The Labute approximate surface area is 146 Å². The molecule has 1 aromatic carbocycles. The Bertz CT molecular complexity index is 530. The smallest absolute Gasteiger partial charge is 0.191 e. The average molecular weight is 336 g/mol. The lowest BCUT2D eigenvalue weighted by Gasteiger charge is -2.26. The molecule has 0 saturated carbocycles. The van der Waals surface area contributed by atoms with Gasteiger partial charge in [-0.15, -0.1) is 0 Å². The minimum Gasteiger partial charge on any atom is -0.493 e. The van der Waals surface area contributed by atoms with Crippen LogP contribution in [0.3, 0.4) is 0 Å². The summed E-state index contributed by atoms with van der Waals surface area (Å²) in [6.07, 6.45) is 0. The molecule has 0 radical (unpaired) electrons. The summed E-state index contributed by atoms with van der Waals surface area (Å²) in [5.41, 5.74) is 1.16. The van der Waals surface area contributed by atoms with Crippen molar-refractivity contribution >= 4 is 5.96 Å². The van der Waals surface area contributed by atoms with E-state index in [9.17, 15) is 0 Å². The quantitative estimate of drug-likeness (QED) is 0.563. The normalized spacial score (nSPS) is 13.1. The lowest BCUT2D eigenvalue weighted by molar-refractivity contribution is 0.295. The maximum absolute atomic E-state index is 5.42. The Morgan fingerprint density at radius 1 is 1.08 bits per heavy atom. The van der Waals surface area contributed by atoms with E-state index >= 15 is 0 Å². The number of ether oxygens (including phenoxy) is 2. The predicted octanol–water partition coefficient (Wildman–Crippen LogP) is 2.13. The van der Waals surface area contributed by atoms with Gasteiger partial charge in [0.2, 0.25) is 0 Å². The van der Waals surface area contributed by atoms with Crippen LogP contribution in [0.2, 0.25) is 0 Å². The lowest BCUT2D eigenvalue weighted by atomic mass is 10.1. The van der Waals surface area contributed by atoms with E-state index in [0.29, 0.717) is 5.92 Å². The number of rotatable bonds is 8. The highest BCUT2D eigenvalue weighted by molar-refractivity contribution is 5.79. The minimum atomic E-state index is 0.183. The zero-order chi connectivity index (χ0) is 18.1. The Morgan fingerprint density at radius 3 is 2.21 bits per heavy atom. The molecule has 0 heterocycles. The van der Waals surface area contributed by atoms with Gasteiger partial charge in [-0.1, -0.05) is 19.9 Å². The molecule has 0 fully saturated rings. The highest BCUT2D eigenvalue weighted by Crippen LogP contribution is 2.31. The number of hydrogen-bond donors (Lipinski definition) is 2. The van der Waals surface area contributed by atoms with Crippen molar-refractivity contribution in [3.05, 3.63) is 23.8 Å². The molecule has 2 N–H and O–H groups in total. The summed E-state index contributed by atoms with van der Waals surface area (Å²) in [6.45, 7) is 5.97. The van der Waals surface area contributed by atoms with E-state index in [4.69, 9.17) is 9.47 Å². The monoisotopic (exact) mass is 336 g/mol. The molecule has 0 aliphatic heterocycles. The van der Waals surface area contributed by atoms with E-state index in [1.54, 1.807) is 21.3 Å². The molecular weight excluding hydrogens is 304 g/mol. The lowest BCUT2D eigenvalue weighted by Crippen LogP contribution is -2.42. The Balaban J connectivity index is 2.84. The second kappa shape index (κ2) is 10.0. The van der Waals surface area contributed by atoms with Gasteiger partial charge in [0.05, 0.1) is 20.3 Å². The summed E-state index contributed by atoms with van der Waals surface area (Å²) in [6, 6.07) is 6.21. The van der Waals surface area contributed by atoms with E-state index in [-0.39, 0.29) is 6.04 Å². The second-order valence-electron chi connectivity index (χ2n) is 6.32. The molecule has 6 nitrogen and oxygen atoms in total. The zero-order valence-electron chi connectivity index (χ0n) is 16.0. The second-order valence-corrected chi connectivity index (χ2v) is 6.32. The number of nitrogens with one attached hydrogen (secondary N) is 2. The van der Waals surface area contributed by atoms with Gasteiger partial charge >= 0.3 is 0 Å². The Kier molecular flexibility index (Phi) is 8.40. The minimum absolute atomic E-state index is 0.183. The number of methoxy groups -OCH3 is 2. The van der Waals surface area contributed by atoms with Crippen molar-refractivity contribution in [2.24, 2.45) is 10.9 Å². The molecule has 0 saturated heterocycles. The molecule has 1 atom stereocenters. The van der Waals surface area contributed by atoms with Crippen LogP contribution >= 0.6 is 0 Å². The van der Waals surface area contributed by atoms with Crippen molar-refractivity contribution in [1.29, 1.82) is 0 Å². The van der Waals surface area contributed by atoms with Crippen LogP contribution in [0.4, 0.5) is 0 Å². The summed E-state index contributed by atoms with van der Waals surface area (Å²) >= 11 is 0. The van der Waals surface area contributed by atoms with E-state index in [0.717, 1.165) is 36.1 Å². The maximum atomic E-state index is 5.42. The van der Waals surface area contributed by atoms with Gasteiger partial charge in [0.25, 0.3) is 0 Å². The largest absolute Gasteiger partial charge is 0.493 e. The van der Waals surface area contributed by atoms with Crippen LogP contribution in [-0.2, 0) is 0 Å². The number of hydrogen-bond acceptors (Lipinski definition) is 4. The summed E-state index contributed by atoms with van der Waals surface area (Å²) in [4.78, 5) is 6.45. The SMILES string of the molecule is CN=C(NCC(C)C)NCC(c1ccc(OC)c(OC)c1)N(C)C. The Hall–Kier alpha value is -1.95. The topological polar surface area (TPSA) is 58.1 Å². The number of guanidine groups is 1. The summed E-state index contributed by atoms with van der Waals surface area (Å²) in [5.74, 6) is 2.86. The van der Waals surface area contributed by atoms with Crippen LogP contribution in [0.5, 0.6) is 11.5 Å². The first kappa shape index (κ1) is 20.1. The predicted molar refractivity (Wildman–Crippen MR) is 100 cm³/mol. The van der Waals surface area contributed by atoms with Crippen molar-refractivity contribution in [1.82, 2.24) is 15.5 Å². The summed E-state index contributed by atoms with van der Waals surface area (Å²) in [7, 11) is 9.21. The third-order valence-corrected chi connectivity index (χ3v) is 3.78. The number of likely N-dealkylation sites (N-methyl/N-ethyl adjacent to an activating group) is 1. The number of aliphatic imine (C=N–C) groups is 1. The molecule has 0 spiro atoms. The highest BCUT2D eigenvalue weighted by Gasteiger charge is 2.17. The molecule has 0 amide bonds. The van der Waals surface area contributed by atoms with Gasteiger partial charge in [0.1, 0.15) is 0 Å². The van der Waals surface area contributed by atoms with Crippen molar-refractivity contribution in [2.45, 2.75) is 19.9 Å². The van der Waals surface area contributed by atoms with Gasteiger partial charge in [-0.2, -0.15) is 0 Å². The molecular formula is C18H32N4O2. The van der Waals surface area contributed by atoms with Crippen molar-refractivity contribution < 1.29 is 9.47 Å². The zero-order valence-corrected chi connectivity index (χ0v) is 16.0. The third-order valence-electron chi connectivity index (χ3n) is 3.78. The molecule has 0 aromatic heterocycles. The number of benzene rings is 1. The van der Waals surface area contributed by atoms with Crippen LogP contribution in [0.1, 0.15) is 25.5 Å². The fourth-order valence-corrected chi connectivity index (χ4v) is 2.37. The van der Waals surface area contributed by atoms with Crippen LogP contribution < -0.4 is 20.1 Å². The van der Waals surface area contributed by atoms with Gasteiger partial charge in [0.15, 0.2) is 17.5 Å². The fourth-order valence-electron chi connectivity index (χ4n) is 2.37. The summed E-state index contributed by atoms with van der Waals surface area (Å²) in [5, 5.41) is 6.73. The van der Waals surface area contributed by atoms with E-state index in [1.165, 1.54) is 0 Å². The summed E-state index contributed by atoms with van der Waals surface area (Å²) < 4.78 is 10.7. The molecule has 1 aromatic rings. The van der Waals surface area contributed by atoms with Crippen LogP contribution in [0.15, 0.2) is 23.2 Å². The van der Waals surface area contributed by atoms with Gasteiger partial charge < -0.3 is 25.0 Å². The van der Waals surface area contributed by atoms with Gasteiger partial charge in [-0.3, -0.25) is 4.99 Å². The van der Waals surface area contributed by atoms with Gasteiger partial charge in [0, 0.05) is 20.1 Å². The Morgan fingerprint density at radius 2 is 1.71 bits per heavy atom. The fraction of sp³-hybridized carbons (Fsp3) is 0.611. The molecule has 1 unspecified atom stereocenters. The van der Waals surface area contributed by atoms with E-state index in [1.807, 2.05) is 12.1 Å². The highest BCUT2D eigenvalue weighted by atomic mass is 16.5. The number of nitrogens with zero attached hydrogens (tertiary/aromatic N) is 2. The van der Waals surface area contributed by atoms with Crippen molar-refractivity contribution in [3.63, 3.8) is 0 Å². The van der Waals surface area contributed by atoms with Crippen molar-refractivity contribution in [3.8, 4) is 11.5 Å².